The van der Waals surface area contributed by atoms with Crippen LogP contribution in [0.3, 0.4) is 0 Å². The molecule has 3 aliphatic rings. The highest BCUT2D eigenvalue weighted by molar-refractivity contribution is 9.12. The van der Waals surface area contributed by atoms with Gasteiger partial charge in [0.25, 0.3) is 0 Å². The average Bonchev–Trinajstić information content (AvgIpc) is 3.29. The van der Waals surface area contributed by atoms with E-state index < -0.39 is 0 Å². The summed E-state index contributed by atoms with van der Waals surface area (Å²) in [5.74, 6) is 3.51. The minimum absolute atomic E-state index is 0.0992. The van der Waals surface area contributed by atoms with E-state index in [2.05, 4.69) is 34.1 Å². The smallest absolute Gasteiger partial charge is 0.0731 e. The van der Waals surface area contributed by atoms with Gasteiger partial charge in [0.05, 0.1) is 23.8 Å². The van der Waals surface area contributed by atoms with Gasteiger partial charge >= 0.3 is 0 Å². The Morgan fingerprint density at radius 1 is 0.636 bits per heavy atom. The van der Waals surface area contributed by atoms with E-state index >= 15 is 0 Å². The summed E-state index contributed by atoms with van der Waals surface area (Å²) < 4.78 is 17.3. The third-order valence-corrected chi connectivity index (χ3v) is 15.3. The van der Waals surface area contributed by atoms with Crippen molar-refractivity contribution in [3.63, 3.8) is 0 Å². The van der Waals surface area contributed by atoms with Gasteiger partial charge in [-0.25, -0.2) is 0 Å². The van der Waals surface area contributed by atoms with Crippen molar-refractivity contribution in [2.75, 3.05) is 37.1 Å². The maximum Gasteiger partial charge on any atom is 0.0731 e. The highest BCUT2D eigenvalue weighted by atomic mass is 33.4. The Hall–Kier alpha value is 1.36. The first-order valence-corrected chi connectivity index (χ1v) is 14.6. The molecule has 0 radical (unpaired) electrons. The van der Waals surface area contributed by atoms with Gasteiger partial charge in [0, 0.05) is 37.1 Å². The molecule has 0 aromatic heterocycles. The van der Waals surface area contributed by atoms with Gasteiger partial charge in [-0.15, -0.1) is 34.1 Å². The molecule has 0 saturated carbocycles. The zero-order valence-corrected chi connectivity index (χ0v) is 16.5. The van der Waals surface area contributed by atoms with Crippen molar-refractivity contribution in [3.05, 3.63) is 0 Å². The van der Waals surface area contributed by atoms with Gasteiger partial charge in [-0.1, -0.05) is 0 Å². The first kappa shape index (κ1) is 18.2. The molecular weight excluding hydrogens is 355 g/mol. The monoisotopic (exact) mass is 382 g/mol. The van der Waals surface area contributed by atoms with Gasteiger partial charge in [0.15, 0.2) is 0 Å². The zero-order chi connectivity index (χ0) is 15.0. The molecule has 3 nitrogen and oxygen atoms in total. The van der Waals surface area contributed by atoms with E-state index in [0.29, 0.717) is 18.3 Å². The average molecular weight is 383 g/mol. The van der Waals surface area contributed by atoms with Crippen LogP contribution in [0.5, 0.6) is 0 Å². The lowest BCUT2D eigenvalue weighted by Gasteiger charge is -2.20. The fourth-order valence-electron chi connectivity index (χ4n) is 2.87. The number of rotatable bonds is 9. The van der Waals surface area contributed by atoms with Crippen LogP contribution < -0.4 is 0 Å². The van der Waals surface area contributed by atoms with Gasteiger partial charge < -0.3 is 14.2 Å². The maximum absolute atomic E-state index is 5.78. The number of hydrogen-bond acceptors (Lipinski definition) is 6. The van der Waals surface area contributed by atoms with Crippen LogP contribution in [-0.4, -0.2) is 55.4 Å². The second-order valence-corrected chi connectivity index (χ2v) is 15.9. The first-order valence-electron chi connectivity index (χ1n) is 8.44. The zero-order valence-electron chi connectivity index (χ0n) is 13.1. The van der Waals surface area contributed by atoms with Gasteiger partial charge in [0.1, 0.15) is 0 Å². The van der Waals surface area contributed by atoms with Crippen molar-refractivity contribution in [2.45, 2.75) is 56.8 Å². The van der Waals surface area contributed by atoms with E-state index in [1.165, 1.54) is 55.8 Å². The lowest BCUT2D eigenvalue weighted by molar-refractivity contribution is 0.129. The van der Waals surface area contributed by atoms with E-state index in [0.717, 1.165) is 19.8 Å². The van der Waals surface area contributed by atoms with E-state index in [1.807, 2.05) is 0 Å². The van der Waals surface area contributed by atoms with Crippen LogP contribution in [0.4, 0.5) is 0 Å². The summed E-state index contributed by atoms with van der Waals surface area (Å²) in [6.45, 7) is 2.90. The molecule has 0 aromatic carbocycles. The topological polar surface area (TPSA) is 27.7 Å². The summed E-state index contributed by atoms with van der Waals surface area (Å²) in [6.07, 6.45) is 9.00. The molecule has 3 unspecified atom stereocenters. The highest BCUT2D eigenvalue weighted by Crippen LogP contribution is 2.71. The Balaban J connectivity index is 1.38. The Morgan fingerprint density at radius 3 is 1.27 bits per heavy atom. The molecule has 128 valence electrons. The largest absolute Gasteiger partial charge is 0.377 e. The minimum Gasteiger partial charge on any atom is -0.377 e. The van der Waals surface area contributed by atoms with Gasteiger partial charge in [-0.05, 0) is 38.5 Å². The van der Waals surface area contributed by atoms with Crippen molar-refractivity contribution < 1.29 is 14.2 Å². The molecule has 3 heterocycles. The Kier molecular flexibility index (Phi) is 8.56. The molecule has 0 bridgehead atoms. The molecule has 0 aliphatic carbocycles. The van der Waals surface area contributed by atoms with E-state index in [1.54, 1.807) is 0 Å². The van der Waals surface area contributed by atoms with Crippen LogP contribution in [0.2, 0.25) is 0 Å². The SMILES string of the molecule is C1COC(CSP(SCC2CCCO2)SCC2CCCO2)C1. The maximum atomic E-state index is 5.78. The van der Waals surface area contributed by atoms with Crippen LogP contribution in [0, 0.1) is 0 Å². The van der Waals surface area contributed by atoms with Crippen LogP contribution in [0.15, 0.2) is 0 Å². The van der Waals surface area contributed by atoms with E-state index in [4.69, 9.17) is 14.2 Å². The van der Waals surface area contributed by atoms with Crippen molar-refractivity contribution in [1.82, 2.24) is 0 Å². The van der Waals surface area contributed by atoms with Crippen LogP contribution >= 0.6 is 39.7 Å². The molecule has 3 fully saturated rings. The van der Waals surface area contributed by atoms with Crippen LogP contribution in [-0.2, 0) is 14.2 Å². The van der Waals surface area contributed by atoms with E-state index in [-0.39, 0.29) is 5.53 Å². The summed E-state index contributed by atoms with van der Waals surface area (Å²) in [7, 11) is 0. The fraction of sp³-hybridized carbons (Fsp3) is 1.00. The number of hydrogen-bond donors (Lipinski definition) is 0. The van der Waals surface area contributed by atoms with Crippen molar-refractivity contribution in [3.8, 4) is 0 Å². The van der Waals surface area contributed by atoms with Gasteiger partial charge in [0.2, 0.25) is 0 Å². The second-order valence-electron chi connectivity index (χ2n) is 6.02. The summed E-state index contributed by atoms with van der Waals surface area (Å²) >= 11 is 6.42. The summed E-state index contributed by atoms with van der Waals surface area (Å²) in [6, 6.07) is 0. The summed E-state index contributed by atoms with van der Waals surface area (Å²) in [4.78, 5) is 0. The predicted molar refractivity (Wildman–Crippen MR) is 101 cm³/mol. The first-order chi connectivity index (χ1) is 10.9. The Morgan fingerprint density at radius 2 is 1.00 bits per heavy atom. The summed E-state index contributed by atoms with van der Waals surface area (Å²) in [5.41, 5.74) is -0.0992. The highest BCUT2D eigenvalue weighted by Gasteiger charge is 2.24. The molecule has 7 heteroatoms. The van der Waals surface area contributed by atoms with Gasteiger partial charge in [-0.2, -0.15) is 0 Å². The van der Waals surface area contributed by atoms with Crippen molar-refractivity contribution in [1.29, 1.82) is 0 Å². The van der Waals surface area contributed by atoms with Crippen LogP contribution in [0.25, 0.3) is 0 Å². The van der Waals surface area contributed by atoms with Crippen molar-refractivity contribution in [2.24, 2.45) is 0 Å². The molecule has 0 aromatic rings. The quantitative estimate of drug-likeness (QED) is 0.524. The Bertz CT molecular complexity index is 259. The third kappa shape index (κ3) is 6.34. The molecule has 22 heavy (non-hydrogen) atoms. The molecule has 3 rings (SSSR count). The molecule has 0 spiro atoms. The number of ether oxygens (including phenoxy) is 3. The second kappa shape index (κ2) is 10.4. The van der Waals surface area contributed by atoms with Gasteiger partial charge in [-0.3, -0.25) is 0 Å². The molecule has 3 atom stereocenters. The third-order valence-electron chi connectivity index (χ3n) is 4.17. The molecule has 0 N–H and O–H groups in total. The lowest BCUT2D eigenvalue weighted by atomic mass is 10.3. The van der Waals surface area contributed by atoms with Crippen LogP contribution in [0.1, 0.15) is 38.5 Å². The van der Waals surface area contributed by atoms with Crippen molar-refractivity contribution >= 4 is 39.7 Å². The predicted octanol–water partition coefficient (Wildman–Crippen LogP) is 4.95. The molecule has 3 saturated heterocycles. The summed E-state index contributed by atoms with van der Waals surface area (Å²) in [5, 5.41) is 0. The van der Waals surface area contributed by atoms with E-state index in [9.17, 15) is 0 Å². The fourth-order valence-corrected chi connectivity index (χ4v) is 13.3. The standard InChI is InChI=1S/C15H27O3PS3/c1-4-13(16-7-1)10-20-19(21-11-14-5-2-8-17-14)22-12-15-6-3-9-18-15/h13-15H,1-12H2. The normalized spacial score (nSPS) is 33.5. The lowest BCUT2D eigenvalue weighted by Crippen LogP contribution is -2.09. The Labute approximate surface area is 147 Å². The molecule has 0 amide bonds. The molecular formula is C15H27O3PS3. The molecule has 3 aliphatic heterocycles. The minimum atomic E-state index is -0.0992.